The monoisotopic (exact) mass is 596 g/mol. The Morgan fingerprint density at radius 2 is 1.73 bits per heavy atom. The number of Topliss-reactive ketones (excluding diaryl/α,β-unsaturated/α-hetero) is 3. The lowest BCUT2D eigenvalue weighted by Gasteiger charge is -2.27. The minimum Gasteiger partial charge on any atom is -0.337 e. The van der Waals surface area contributed by atoms with Gasteiger partial charge < -0.3 is 9.47 Å². The second kappa shape index (κ2) is 11.4. The summed E-state index contributed by atoms with van der Waals surface area (Å²) in [7, 11) is 0. The molecule has 0 spiro atoms. The Morgan fingerprint density at radius 3 is 2.43 bits per heavy atom. The highest BCUT2D eigenvalue weighted by Crippen LogP contribution is 2.62. The molecule has 6 rings (SSSR count). The average Bonchev–Trinajstić information content (AvgIpc) is 3.40. The first-order chi connectivity index (χ1) is 20.9. The predicted molar refractivity (Wildman–Crippen MR) is 169 cm³/mol. The van der Waals surface area contributed by atoms with Gasteiger partial charge in [0.2, 0.25) is 5.91 Å². The first-order valence-electron chi connectivity index (χ1n) is 16.3. The highest BCUT2D eigenvalue weighted by molar-refractivity contribution is 6.09. The summed E-state index contributed by atoms with van der Waals surface area (Å²) in [5.74, 6) is 0.910. The summed E-state index contributed by atoms with van der Waals surface area (Å²) in [5.41, 5.74) is 3.82. The summed E-state index contributed by atoms with van der Waals surface area (Å²) in [6.45, 7) is 9.46. The van der Waals surface area contributed by atoms with Gasteiger partial charge in [-0.15, -0.1) is 0 Å². The van der Waals surface area contributed by atoms with E-state index < -0.39 is 11.5 Å². The summed E-state index contributed by atoms with van der Waals surface area (Å²) >= 11 is 0. The van der Waals surface area contributed by atoms with Gasteiger partial charge in [0.25, 0.3) is 0 Å². The van der Waals surface area contributed by atoms with Crippen LogP contribution in [0.25, 0.3) is 22.0 Å². The van der Waals surface area contributed by atoms with Gasteiger partial charge in [0.15, 0.2) is 11.6 Å². The van der Waals surface area contributed by atoms with Crippen molar-refractivity contribution in [1.82, 2.24) is 19.4 Å². The molecule has 232 valence electrons. The molecular weight excluding hydrogens is 552 g/mol. The molecule has 1 amide bonds. The molecule has 2 fully saturated rings. The van der Waals surface area contributed by atoms with Crippen LogP contribution < -0.4 is 0 Å². The zero-order chi connectivity index (χ0) is 31.4. The fraction of sp³-hybridized carbons (Fsp3) is 0.556. The van der Waals surface area contributed by atoms with E-state index in [1.54, 1.807) is 6.92 Å². The van der Waals surface area contributed by atoms with Gasteiger partial charge >= 0.3 is 0 Å². The van der Waals surface area contributed by atoms with E-state index in [1.165, 1.54) is 0 Å². The quantitative estimate of drug-likeness (QED) is 0.321. The largest absolute Gasteiger partial charge is 0.337 e. The highest BCUT2D eigenvalue weighted by atomic mass is 16.2. The molecule has 0 N–H and O–H groups in total. The molecule has 2 bridgehead atoms. The number of rotatable bonds is 4. The second-order valence-corrected chi connectivity index (χ2v) is 14.1. The number of aryl methyl sites for hydroxylation is 2. The van der Waals surface area contributed by atoms with Crippen LogP contribution in [0.2, 0.25) is 0 Å². The number of aromatic nitrogens is 3. The van der Waals surface area contributed by atoms with Gasteiger partial charge in [-0.2, -0.15) is 0 Å². The fourth-order valence-electron chi connectivity index (χ4n) is 7.82. The van der Waals surface area contributed by atoms with Crippen molar-refractivity contribution in [3.63, 3.8) is 0 Å². The van der Waals surface area contributed by atoms with E-state index in [2.05, 4.69) is 29.9 Å². The Hall–Kier alpha value is -3.68. The van der Waals surface area contributed by atoms with E-state index in [9.17, 15) is 19.2 Å². The van der Waals surface area contributed by atoms with Gasteiger partial charge in [-0.05, 0) is 81.0 Å². The van der Waals surface area contributed by atoms with Crippen LogP contribution in [-0.2, 0) is 27.3 Å². The zero-order valence-corrected chi connectivity index (χ0v) is 26.7. The Balaban J connectivity index is 1.45. The molecule has 0 unspecified atom stereocenters. The summed E-state index contributed by atoms with van der Waals surface area (Å²) < 4.78 is 1.94. The number of carbonyl (C=O) groups excluding carboxylic acids is 4. The molecule has 8 heteroatoms. The number of ketones is 3. The molecule has 1 saturated carbocycles. The van der Waals surface area contributed by atoms with Crippen LogP contribution in [0.5, 0.6) is 0 Å². The van der Waals surface area contributed by atoms with E-state index in [-0.39, 0.29) is 41.3 Å². The Kier molecular flexibility index (Phi) is 7.83. The van der Waals surface area contributed by atoms with Crippen LogP contribution in [0, 0.1) is 17.8 Å². The van der Waals surface area contributed by atoms with Crippen LogP contribution >= 0.6 is 0 Å². The van der Waals surface area contributed by atoms with Crippen molar-refractivity contribution in [2.45, 2.75) is 117 Å². The average molecular weight is 597 g/mol. The zero-order valence-electron chi connectivity index (χ0n) is 26.7. The van der Waals surface area contributed by atoms with E-state index in [0.717, 1.165) is 72.5 Å². The van der Waals surface area contributed by atoms with Gasteiger partial charge in [-0.3, -0.25) is 19.2 Å². The highest BCUT2D eigenvalue weighted by Gasteiger charge is 2.66. The third-order valence-corrected chi connectivity index (χ3v) is 10.6. The molecule has 3 atom stereocenters. The number of carbonyl (C=O) groups is 4. The van der Waals surface area contributed by atoms with Crippen LogP contribution in [0.15, 0.2) is 30.7 Å². The van der Waals surface area contributed by atoms with Crippen LogP contribution in [0.4, 0.5) is 0 Å². The third kappa shape index (κ3) is 5.41. The standard InChI is InChI=1S/C36H44N4O4/c1-6-30(42)29-16-36-13-11-32(43)35(4,5)12-9-7-8-10-24-14-25(26-18-37-23(3)38-19-26)15-27-28(22(2)41)20-39(34(24)27)21-33(44)40(29)31(36)17-36/h14-15,18-20,29,31H,6-13,16-17,21H2,1-5H3/t29-,31+,36-/m0/s1. The minimum absolute atomic E-state index is 0.0104. The number of hydrogen-bond acceptors (Lipinski definition) is 6. The van der Waals surface area contributed by atoms with E-state index >= 15 is 0 Å². The summed E-state index contributed by atoms with van der Waals surface area (Å²) in [6, 6.07) is 3.71. The lowest BCUT2D eigenvalue weighted by Crippen LogP contribution is -2.44. The van der Waals surface area contributed by atoms with Gasteiger partial charge in [-0.1, -0.05) is 33.6 Å². The number of hydrogen-bond donors (Lipinski definition) is 0. The van der Waals surface area contributed by atoms with E-state index in [1.807, 2.05) is 48.0 Å². The van der Waals surface area contributed by atoms with Crippen molar-refractivity contribution in [3.05, 3.63) is 47.7 Å². The Morgan fingerprint density at radius 1 is 0.977 bits per heavy atom. The topological polar surface area (TPSA) is 102 Å². The fourth-order valence-corrected chi connectivity index (χ4v) is 7.82. The molecule has 3 aliphatic rings. The molecule has 1 aromatic carbocycles. The molecule has 3 aromatic rings. The molecule has 0 radical (unpaired) electrons. The maximum atomic E-state index is 14.2. The number of benzene rings is 1. The second-order valence-electron chi connectivity index (χ2n) is 14.1. The number of amides is 1. The van der Waals surface area contributed by atoms with Gasteiger partial charge in [0, 0.05) is 59.4 Å². The molecule has 4 heterocycles. The lowest BCUT2D eigenvalue weighted by molar-refractivity contribution is -0.139. The molecule has 8 nitrogen and oxygen atoms in total. The Bertz CT molecular complexity index is 1650. The van der Waals surface area contributed by atoms with Crippen LogP contribution in [-0.4, -0.2) is 54.8 Å². The normalized spacial score (nSPS) is 25.5. The van der Waals surface area contributed by atoms with Crippen molar-refractivity contribution in [2.75, 3.05) is 0 Å². The summed E-state index contributed by atoms with van der Waals surface area (Å²) in [6.07, 6.45) is 13.0. The Labute approximate surface area is 259 Å². The number of nitrogens with zero attached hydrogens (tertiary/aromatic N) is 4. The maximum absolute atomic E-state index is 14.2. The molecule has 1 aliphatic carbocycles. The van der Waals surface area contributed by atoms with Crippen molar-refractivity contribution >= 4 is 34.2 Å². The SMILES string of the molecule is CCC(=O)[C@@H]1C[C@]23CCC(=O)C(C)(C)CCCCCc4cc(-c5cnc(C)nc5)cc5c(C(C)=O)cn(c45)CC(=O)N1[C@@H]2C3. The third-order valence-electron chi connectivity index (χ3n) is 10.6. The smallest absolute Gasteiger partial charge is 0.243 e. The van der Waals surface area contributed by atoms with Gasteiger partial charge in [0.05, 0.1) is 11.6 Å². The van der Waals surface area contributed by atoms with Crippen molar-refractivity contribution in [1.29, 1.82) is 0 Å². The molecule has 2 aromatic heterocycles. The molecule has 2 aliphatic heterocycles. The predicted octanol–water partition coefficient (Wildman–Crippen LogP) is 6.44. The van der Waals surface area contributed by atoms with E-state index in [0.29, 0.717) is 30.7 Å². The first-order valence-corrected chi connectivity index (χ1v) is 16.3. The first kappa shape index (κ1) is 30.4. The van der Waals surface area contributed by atoms with Gasteiger partial charge in [-0.25, -0.2) is 9.97 Å². The van der Waals surface area contributed by atoms with Crippen LogP contribution in [0.1, 0.15) is 107 Å². The summed E-state index contributed by atoms with van der Waals surface area (Å²) in [4.78, 5) is 64.3. The molecule has 44 heavy (non-hydrogen) atoms. The molecule has 1 saturated heterocycles. The maximum Gasteiger partial charge on any atom is 0.243 e. The van der Waals surface area contributed by atoms with Gasteiger partial charge in [0.1, 0.15) is 18.2 Å². The van der Waals surface area contributed by atoms with Crippen molar-refractivity contribution in [2.24, 2.45) is 10.8 Å². The van der Waals surface area contributed by atoms with E-state index in [4.69, 9.17) is 0 Å². The number of piperidine rings is 1. The van der Waals surface area contributed by atoms with Crippen LogP contribution in [0.3, 0.4) is 0 Å². The molecular formula is C36H44N4O4. The van der Waals surface area contributed by atoms with Crippen molar-refractivity contribution in [3.8, 4) is 11.1 Å². The minimum atomic E-state index is -0.449. The van der Waals surface area contributed by atoms with Crippen molar-refractivity contribution < 1.29 is 19.2 Å². The lowest BCUT2D eigenvalue weighted by atomic mass is 9.79. The summed E-state index contributed by atoms with van der Waals surface area (Å²) in [5, 5.41) is 0.825.